The standard InChI is InChI=1S/C20H20N2O6S/c1-3-28-20(25)14-4-6-15(7-5-14)21-29(26,27)16-8-9-17(13(2)12-16)22-18(23)10-11-19(22)24/h4-9,12,21H,3,10-11H2,1-2H3. The fourth-order valence-electron chi connectivity index (χ4n) is 2.99. The van der Waals surface area contributed by atoms with Crippen LogP contribution in [0, 0.1) is 6.92 Å². The monoisotopic (exact) mass is 416 g/mol. The van der Waals surface area contributed by atoms with Crippen LogP contribution in [0.1, 0.15) is 35.7 Å². The van der Waals surface area contributed by atoms with E-state index in [4.69, 9.17) is 4.74 Å². The molecule has 0 aliphatic carbocycles. The van der Waals surface area contributed by atoms with E-state index >= 15 is 0 Å². The van der Waals surface area contributed by atoms with Gasteiger partial charge >= 0.3 is 5.97 Å². The Morgan fingerprint density at radius 3 is 2.24 bits per heavy atom. The number of amides is 2. The Balaban J connectivity index is 1.81. The van der Waals surface area contributed by atoms with E-state index in [1.54, 1.807) is 13.8 Å². The summed E-state index contributed by atoms with van der Waals surface area (Å²) in [6.45, 7) is 3.59. The molecule has 0 aromatic heterocycles. The van der Waals surface area contributed by atoms with Crippen LogP contribution in [0.3, 0.4) is 0 Å². The van der Waals surface area contributed by atoms with Crippen LogP contribution in [-0.4, -0.2) is 32.8 Å². The Morgan fingerprint density at radius 2 is 1.69 bits per heavy atom. The third-order valence-corrected chi connectivity index (χ3v) is 5.80. The molecule has 1 aliphatic heterocycles. The molecule has 1 aliphatic rings. The lowest BCUT2D eigenvalue weighted by atomic mass is 10.2. The molecule has 152 valence electrons. The van der Waals surface area contributed by atoms with Crippen LogP contribution in [0.4, 0.5) is 11.4 Å². The number of anilines is 2. The van der Waals surface area contributed by atoms with Crippen molar-refractivity contribution in [1.82, 2.24) is 0 Å². The lowest BCUT2D eigenvalue weighted by Gasteiger charge is -2.17. The summed E-state index contributed by atoms with van der Waals surface area (Å²) < 4.78 is 32.7. The maximum absolute atomic E-state index is 12.7. The van der Waals surface area contributed by atoms with Crippen LogP contribution in [0.25, 0.3) is 0 Å². The quantitative estimate of drug-likeness (QED) is 0.573. The summed E-state index contributed by atoms with van der Waals surface area (Å²) in [6.07, 6.45) is 0.309. The zero-order valence-corrected chi connectivity index (χ0v) is 16.8. The Hall–Kier alpha value is -3.20. The number of carbonyl (C=O) groups excluding carboxylic acids is 3. The average Bonchev–Trinajstić information content (AvgIpc) is 3.00. The summed E-state index contributed by atoms with van der Waals surface area (Å²) in [5.74, 6) is -1.08. The van der Waals surface area contributed by atoms with Gasteiger partial charge in [0.15, 0.2) is 0 Å². The lowest BCUT2D eigenvalue weighted by molar-refractivity contribution is -0.121. The van der Waals surface area contributed by atoms with Gasteiger partial charge in [-0.05, 0) is 61.9 Å². The second kappa shape index (κ2) is 8.04. The van der Waals surface area contributed by atoms with Crippen molar-refractivity contribution < 1.29 is 27.5 Å². The first-order valence-corrected chi connectivity index (χ1v) is 10.5. The molecule has 1 heterocycles. The molecule has 3 rings (SSSR count). The van der Waals surface area contributed by atoms with Gasteiger partial charge in [0, 0.05) is 18.5 Å². The van der Waals surface area contributed by atoms with Gasteiger partial charge in [0.05, 0.1) is 22.8 Å². The largest absolute Gasteiger partial charge is 0.462 e. The van der Waals surface area contributed by atoms with Crippen molar-refractivity contribution in [2.45, 2.75) is 31.6 Å². The summed E-state index contributed by atoms with van der Waals surface area (Å²) in [7, 11) is -3.90. The number of sulfonamides is 1. The minimum Gasteiger partial charge on any atom is -0.462 e. The van der Waals surface area contributed by atoms with Gasteiger partial charge in [-0.25, -0.2) is 13.2 Å². The van der Waals surface area contributed by atoms with Crippen LogP contribution in [0.2, 0.25) is 0 Å². The number of aryl methyl sites for hydroxylation is 1. The van der Waals surface area contributed by atoms with Crippen molar-refractivity contribution in [3.05, 3.63) is 53.6 Å². The number of imide groups is 1. The average molecular weight is 416 g/mol. The Labute approximate surface area is 168 Å². The Morgan fingerprint density at radius 1 is 1.07 bits per heavy atom. The molecule has 0 radical (unpaired) electrons. The first kappa shape index (κ1) is 20.5. The molecule has 2 aromatic rings. The highest BCUT2D eigenvalue weighted by Gasteiger charge is 2.31. The van der Waals surface area contributed by atoms with Crippen molar-refractivity contribution in [3.8, 4) is 0 Å². The van der Waals surface area contributed by atoms with Crippen LogP contribution in [-0.2, 0) is 24.3 Å². The molecular weight excluding hydrogens is 396 g/mol. The van der Waals surface area contributed by atoms with Gasteiger partial charge in [0.25, 0.3) is 10.0 Å². The van der Waals surface area contributed by atoms with E-state index < -0.39 is 16.0 Å². The molecule has 8 nitrogen and oxygen atoms in total. The zero-order chi connectivity index (χ0) is 21.2. The number of rotatable bonds is 6. The summed E-state index contributed by atoms with van der Waals surface area (Å²) in [6, 6.07) is 10.1. The number of benzene rings is 2. The SMILES string of the molecule is CCOC(=O)c1ccc(NS(=O)(=O)c2ccc(N3C(=O)CCC3=O)c(C)c2)cc1. The summed E-state index contributed by atoms with van der Waals surface area (Å²) in [4.78, 5) is 36.6. The molecule has 9 heteroatoms. The van der Waals surface area contributed by atoms with E-state index in [0.29, 0.717) is 16.8 Å². The summed E-state index contributed by atoms with van der Waals surface area (Å²) >= 11 is 0. The maximum Gasteiger partial charge on any atom is 0.338 e. The van der Waals surface area contributed by atoms with Gasteiger partial charge < -0.3 is 4.74 Å². The third kappa shape index (κ3) is 4.29. The number of esters is 1. The van der Waals surface area contributed by atoms with E-state index in [1.807, 2.05) is 0 Å². The highest BCUT2D eigenvalue weighted by Crippen LogP contribution is 2.28. The number of nitrogens with zero attached hydrogens (tertiary/aromatic N) is 1. The molecule has 1 N–H and O–H groups in total. The molecular formula is C20H20N2O6S. The molecule has 2 amide bonds. The van der Waals surface area contributed by atoms with Crippen LogP contribution >= 0.6 is 0 Å². The van der Waals surface area contributed by atoms with E-state index in [0.717, 1.165) is 4.90 Å². The van der Waals surface area contributed by atoms with Gasteiger partial charge in [-0.15, -0.1) is 0 Å². The van der Waals surface area contributed by atoms with Crippen molar-refractivity contribution in [2.24, 2.45) is 0 Å². The van der Waals surface area contributed by atoms with E-state index in [-0.39, 0.29) is 41.8 Å². The number of ether oxygens (including phenoxy) is 1. The minimum atomic E-state index is -3.90. The smallest absolute Gasteiger partial charge is 0.338 e. The topological polar surface area (TPSA) is 110 Å². The van der Waals surface area contributed by atoms with Gasteiger partial charge in [-0.3, -0.25) is 19.2 Å². The third-order valence-electron chi connectivity index (χ3n) is 4.42. The molecule has 0 bridgehead atoms. The number of carbonyl (C=O) groups is 3. The molecule has 29 heavy (non-hydrogen) atoms. The number of nitrogens with one attached hydrogen (secondary N) is 1. The van der Waals surface area contributed by atoms with Crippen LogP contribution in [0.5, 0.6) is 0 Å². The van der Waals surface area contributed by atoms with Crippen LogP contribution < -0.4 is 9.62 Å². The van der Waals surface area contributed by atoms with Crippen molar-refractivity contribution in [2.75, 3.05) is 16.2 Å². The van der Waals surface area contributed by atoms with E-state index in [1.165, 1.54) is 42.5 Å². The van der Waals surface area contributed by atoms with Crippen molar-refractivity contribution in [3.63, 3.8) is 0 Å². The molecule has 1 fully saturated rings. The maximum atomic E-state index is 12.7. The van der Waals surface area contributed by atoms with E-state index in [2.05, 4.69) is 4.72 Å². The van der Waals surface area contributed by atoms with E-state index in [9.17, 15) is 22.8 Å². The zero-order valence-electron chi connectivity index (χ0n) is 16.0. The molecule has 0 atom stereocenters. The highest BCUT2D eigenvalue weighted by molar-refractivity contribution is 7.92. The first-order valence-electron chi connectivity index (χ1n) is 8.99. The second-order valence-corrected chi connectivity index (χ2v) is 8.16. The van der Waals surface area contributed by atoms with Gasteiger partial charge in [-0.2, -0.15) is 0 Å². The summed E-state index contributed by atoms with van der Waals surface area (Å²) in [5, 5.41) is 0. The van der Waals surface area contributed by atoms with Gasteiger partial charge in [-0.1, -0.05) is 0 Å². The van der Waals surface area contributed by atoms with Gasteiger partial charge in [0.1, 0.15) is 0 Å². The predicted octanol–water partition coefficient (Wildman–Crippen LogP) is 2.63. The fraction of sp³-hybridized carbons (Fsp3) is 0.250. The Bertz CT molecular complexity index is 1060. The second-order valence-electron chi connectivity index (χ2n) is 6.47. The molecule has 2 aromatic carbocycles. The Kier molecular flexibility index (Phi) is 5.69. The molecule has 0 unspecified atom stereocenters. The normalized spacial score (nSPS) is 14.2. The fourth-order valence-corrected chi connectivity index (χ4v) is 4.14. The molecule has 0 saturated carbocycles. The predicted molar refractivity (Wildman–Crippen MR) is 106 cm³/mol. The van der Waals surface area contributed by atoms with Gasteiger partial charge in [0.2, 0.25) is 11.8 Å². The minimum absolute atomic E-state index is 0.00712. The number of hydrogen-bond acceptors (Lipinski definition) is 6. The summed E-state index contributed by atoms with van der Waals surface area (Å²) in [5.41, 5.74) is 1.48. The molecule has 0 spiro atoms. The van der Waals surface area contributed by atoms with Crippen LogP contribution in [0.15, 0.2) is 47.4 Å². The highest BCUT2D eigenvalue weighted by atomic mass is 32.2. The first-order chi connectivity index (χ1) is 13.7. The number of hydrogen-bond donors (Lipinski definition) is 1. The van der Waals surface area contributed by atoms with Crippen molar-refractivity contribution >= 4 is 39.2 Å². The lowest BCUT2D eigenvalue weighted by Crippen LogP contribution is -2.29. The molecule has 1 saturated heterocycles. The van der Waals surface area contributed by atoms with Crippen molar-refractivity contribution in [1.29, 1.82) is 0 Å².